The fourth-order valence-corrected chi connectivity index (χ4v) is 10.5. The third-order valence-corrected chi connectivity index (χ3v) is 15.0. The van der Waals surface area contributed by atoms with E-state index < -0.39 is 59.1 Å². The van der Waals surface area contributed by atoms with Crippen molar-refractivity contribution in [2.24, 2.45) is 16.7 Å². The van der Waals surface area contributed by atoms with Gasteiger partial charge < -0.3 is 25.0 Å². The number of amides is 5. The Morgan fingerprint density at radius 1 is 0.900 bits per heavy atom. The number of alkyl halides is 3. The third-order valence-electron chi connectivity index (χ3n) is 14.6. The molecule has 0 radical (unpaired) electrons. The van der Waals surface area contributed by atoms with E-state index >= 15 is 0 Å². The van der Waals surface area contributed by atoms with Gasteiger partial charge in [0.1, 0.15) is 11.4 Å². The van der Waals surface area contributed by atoms with Crippen molar-refractivity contribution in [1.82, 2.24) is 29.5 Å². The van der Waals surface area contributed by atoms with Crippen LogP contribution in [0.15, 0.2) is 54.7 Å². The number of rotatable bonds is 11. The van der Waals surface area contributed by atoms with Gasteiger partial charge in [-0.1, -0.05) is 17.7 Å². The Balaban J connectivity index is 0.796. The molecule has 2 N–H and O–H groups in total. The van der Waals surface area contributed by atoms with Crippen LogP contribution in [0, 0.1) is 16.7 Å². The summed E-state index contributed by atoms with van der Waals surface area (Å²) in [5, 5.41) is 19.5. The average molecular weight is 992 g/mol. The molecule has 2 aromatic heterocycles. The van der Waals surface area contributed by atoms with Crippen LogP contribution in [0.3, 0.4) is 0 Å². The first kappa shape index (κ1) is 50.8. The van der Waals surface area contributed by atoms with E-state index in [9.17, 15) is 42.3 Å². The molecule has 0 unspecified atom stereocenters. The fraction of sp³-hybridized carbons (Fsp3) is 0.549. The Morgan fingerprint density at radius 2 is 1.60 bits per heavy atom. The van der Waals surface area contributed by atoms with Gasteiger partial charge in [-0.2, -0.15) is 18.3 Å². The lowest BCUT2D eigenvalue weighted by molar-refractivity contribution is -0.158. The Hall–Kier alpha value is -5.59. The maximum atomic E-state index is 13.9. The second kappa shape index (κ2) is 19.9. The van der Waals surface area contributed by atoms with E-state index in [4.69, 9.17) is 21.4 Å². The van der Waals surface area contributed by atoms with Crippen LogP contribution in [0.4, 0.5) is 29.3 Å². The number of nitrogens with one attached hydrogen (secondary N) is 1. The number of nitrogens with zero attached hydrogens (tertiary/aromatic N) is 7. The first-order valence-corrected chi connectivity index (χ1v) is 24.6. The van der Waals surface area contributed by atoms with Gasteiger partial charge in [0.25, 0.3) is 11.8 Å². The summed E-state index contributed by atoms with van der Waals surface area (Å²) in [5.74, 6) is -1.31. The summed E-state index contributed by atoms with van der Waals surface area (Å²) in [7, 11) is 0. The largest absolute Gasteiger partial charge is 0.443 e. The lowest BCUT2D eigenvalue weighted by Gasteiger charge is -2.46. The van der Waals surface area contributed by atoms with Crippen molar-refractivity contribution < 1.29 is 47.0 Å². The molecule has 19 heteroatoms. The standard InChI is InChI=1S/C51H62ClF3N8O7/c1-48(2,3)46(67)70-31-62-43(64)16-24-61(47(62)68)41-28-33(9-10-37(41)52)45(66)60-25-19-50(20-26-60)17-11-32(12-18-50)13-21-59-22-14-35(15-23-59)63-30-34-27-40(36(49(4,5)69)29-39(34)58-63)57-44(65)38-7-6-8-42(56-38)51(53,54)55/h6-10,27-30,32,35,69H,11-26,31H2,1-5H3,(H,57,65). The molecule has 4 aromatic rings. The van der Waals surface area contributed by atoms with Crippen LogP contribution < -0.4 is 10.2 Å². The van der Waals surface area contributed by atoms with E-state index in [0.29, 0.717) is 41.3 Å². The number of aliphatic hydroxyl groups is 1. The van der Waals surface area contributed by atoms with Crippen molar-refractivity contribution in [2.45, 2.75) is 117 Å². The van der Waals surface area contributed by atoms with E-state index in [1.54, 1.807) is 65.0 Å². The minimum absolute atomic E-state index is 0.00990. The maximum absolute atomic E-state index is 13.9. The number of carbonyl (C=O) groups is 5. The molecule has 8 rings (SSSR count). The third kappa shape index (κ3) is 11.3. The van der Waals surface area contributed by atoms with Crippen molar-refractivity contribution in [2.75, 3.05) is 56.2 Å². The van der Waals surface area contributed by atoms with Gasteiger partial charge in [0.05, 0.1) is 33.3 Å². The van der Waals surface area contributed by atoms with Crippen LogP contribution in [0.1, 0.15) is 137 Å². The molecule has 15 nitrogen and oxygen atoms in total. The number of carbonyl (C=O) groups excluding carboxylic acids is 5. The number of likely N-dealkylation sites (tertiary alicyclic amines) is 2. The summed E-state index contributed by atoms with van der Waals surface area (Å²) >= 11 is 6.58. The number of anilines is 2. The smallest absolute Gasteiger partial charge is 0.433 e. The zero-order valence-corrected chi connectivity index (χ0v) is 41.2. The SMILES string of the molecule is CC(C)(C)C(=O)OCN1C(=O)CCN(c2cc(C(=O)N3CCC4(CCC(CCN5CCC(n6cc7cc(NC(=O)c8cccc(C(F)(F)F)n8)c(C(C)(C)O)cc7n6)CC5)CC4)CC3)ccc2Cl)C1=O. The first-order valence-electron chi connectivity index (χ1n) is 24.2. The molecule has 1 saturated carbocycles. The molecular weight excluding hydrogens is 929 g/mol. The van der Waals surface area contributed by atoms with Crippen molar-refractivity contribution in [3.63, 3.8) is 0 Å². The number of piperidine rings is 2. The van der Waals surface area contributed by atoms with Crippen molar-refractivity contribution >= 4 is 63.6 Å². The van der Waals surface area contributed by atoms with Gasteiger partial charge in [-0.05, 0) is 153 Å². The molecule has 3 saturated heterocycles. The number of aromatic nitrogens is 3. The van der Waals surface area contributed by atoms with E-state index in [0.717, 1.165) is 99.8 Å². The van der Waals surface area contributed by atoms with Gasteiger partial charge in [0.15, 0.2) is 6.73 Å². The highest BCUT2D eigenvalue weighted by atomic mass is 35.5. The van der Waals surface area contributed by atoms with Crippen molar-refractivity contribution in [1.29, 1.82) is 0 Å². The number of esters is 1. The molecule has 1 aliphatic carbocycles. The second-order valence-corrected chi connectivity index (χ2v) is 21.5. The Morgan fingerprint density at radius 3 is 2.26 bits per heavy atom. The van der Waals surface area contributed by atoms with Crippen LogP contribution in [0.2, 0.25) is 5.02 Å². The van der Waals surface area contributed by atoms with Gasteiger partial charge in [-0.15, -0.1) is 0 Å². The van der Waals surface area contributed by atoms with Gasteiger partial charge in [0.2, 0.25) is 5.91 Å². The molecule has 4 aliphatic rings. The number of urea groups is 1. The molecule has 0 atom stereocenters. The molecule has 2 aromatic carbocycles. The number of hydrogen-bond acceptors (Lipinski definition) is 10. The predicted molar refractivity (Wildman–Crippen MR) is 257 cm³/mol. The van der Waals surface area contributed by atoms with Crippen LogP contribution in [0.5, 0.6) is 0 Å². The van der Waals surface area contributed by atoms with Gasteiger partial charge in [0, 0.05) is 67.5 Å². The molecular formula is C51H62ClF3N8O7. The van der Waals surface area contributed by atoms with Gasteiger partial charge in [-0.3, -0.25) is 28.8 Å². The maximum Gasteiger partial charge on any atom is 0.433 e. The molecule has 1 spiro atoms. The summed E-state index contributed by atoms with van der Waals surface area (Å²) in [6.07, 6.45) is 6.64. The summed E-state index contributed by atoms with van der Waals surface area (Å²) < 4.78 is 47.1. The first-order chi connectivity index (χ1) is 33.0. The number of fused-ring (bicyclic) bond motifs is 1. The fourth-order valence-electron chi connectivity index (χ4n) is 10.2. The van der Waals surface area contributed by atoms with Crippen LogP contribution >= 0.6 is 11.6 Å². The van der Waals surface area contributed by atoms with Crippen LogP contribution in [0.25, 0.3) is 10.9 Å². The van der Waals surface area contributed by atoms with Crippen molar-refractivity contribution in [3.05, 3.63) is 82.3 Å². The zero-order valence-electron chi connectivity index (χ0n) is 40.4. The quantitative estimate of drug-likeness (QED) is 0.138. The summed E-state index contributed by atoms with van der Waals surface area (Å²) in [6, 6.07) is 10.9. The van der Waals surface area contributed by atoms with E-state index in [-0.39, 0.29) is 41.0 Å². The molecule has 5 heterocycles. The highest BCUT2D eigenvalue weighted by Crippen LogP contribution is 2.47. The lowest BCUT2D eigenvalue weighted by atomic mass is 9.65. The number of pyridine rings is 1. The highest BCUT2D eigenvalue weighted by molar-refractivity contribution is 6.34. The Bertz CT molecular complexity index is 2630. The number of benzene rings is 2. The van der Waals surface area contributed by atoms with E-state index in [2.05, 4.69) is 15.2 Å². The Labute approximate surface area is 410 Å². The second-order valence-electron chi connectivity index (χ2n) is 21.1. The topological polar surface area (TPSA) is 171 Å². The zero-order chi connectivity index (χ0) is 50.3. The minimum atomic E-state index is -4.70. The average Bonchev–Trinajstić information content (AvgIpc) is 3.74. The highest BCUT2D eigenvalue weighted by Gasteiger charge is 2.41. The summed E-state index contributed by atoms with van der Waals surface area (Å²) in [6.45, 7) is 11.9. The summed E-state index contributed by atoms with van der Waals surface area (Å²) in [4.78, 5) is 75.7. The monoisotopic (exact) mass is 990 g/mol. The number of imide groups is 1. The van der Waals surface area contributed by atoms with Crippen molar-refractivity contribution in [3.8, 4) is 0 Å². The number of hydrogen-bond donors (Lipinski definition) is 2. The van der Waals surface area contributed by atoms with E-state index in [1.165, 1.54) is 11.0 Å². The molecule has 0 bridgehead atoms. The molecule has 70 heavy (non-hydrogen) atoms. The minimum Gasteiger partial charge on any atom is -0.443 e. The van der Waals surface area contributed by atoms with Crippen LogP contribution in [-0.4, -0.2) is 110 Å². The number of halogens is 4. The van der Waals surface area contributed by atoms with Gasteiger partial charge >= 0.3 is 18.2 Å². The molecule has 3 aliphatic heterocycles. The summed E-state index contributed by atoms with van der Waals surface area (Å²) in [5.41, 5.74) is -1.53. The molecule has 376 valence electrons. The normalized spacial score (nSPS) is 19.0. The number of ether oxygens (including phenoxy) is 1. The predicted octanol–water partition coefficient (Wildman–Crippen LogP) is 9.43. The van der Waals surface area contributed by atoms with E-state index in [1.807, 2.05) is 15.8 Å². The molecule has 4 fully saturated rings. The Kier molecular flexibility index (Phi) is 14.4. The van der Waals surface area contributed by atoms with Gasteiger partial charge in [-0.25, -0.2) is 14.7 Å². The van der Waals surface area contributed by atoms with Crippen LogP contribution in [-0.2, 0) is 26.1 Å². The molecule has 5 amide bonds. The lowest BCUT2D eigenvalue weighted by Crippen LogP contribution is -2.53.